The quantitative estimate of drug-likeness (QED) is 0.825. The second-order valence-corrected chi connectivity index (χ2v) is 7.72. The van der Waals surface area contributed by atoms with Crippen LogP contribution in [0.2, 0.25) is 0 Å². The maximum atomic E-state index is 3.96. The van der Waals surface area contributed by atoms with Gasteiger partial charge in [-0.15, -0.1) is 0 Å². The maximum absolute atomic E-state index is 3.96. The minimum Gasteiger partial charge on any atom is -0.313 e. The van der Waals surface area contributed by atoms with E-state index in [1.54, 1.807) is 0 Å². The van der Waals surface area contributed by atoms with Gasteiger partial charge in [0, 0.05) is 31.7 Å². The van der Waals surface area contributed by atoms with E-state index in [0.29, 0.717) is 5.41 Å². The molecule has 1 heterocycles. The van der Waals surface area contributed by atoms with Crippen LogP contribution < -0.4 is 5.32 Å². The van der Waals surface area contributed by atoms with Crippen LogP contribution in [0.15, 0.2) is 0 Å². The van der Waals surface area contributed by atoms with Gasteiger partial charge in [0.05, 0.1) is 0 Å². The monoisotopic (exact) mass is 250 g/mol. The highest BCUT2D eigenvalue weighted by Crippen LogP contribution is 2.45. The van der Waals surface area contributed by atoms with Gasteiger partial charge in [0.1, 0.15) is 0 Å². The molecule has 0 aromatic rings. The molecule has 2 heteroatoms. The molecule has 3 aliphatic rings. The second-order valence-electron chi connectivity index (χ2n) is 7.72. The molecular weight excluding hydrogens is 220 g/mol. The molecule has 2 atom stereocenters. The fourth-order valence-electron chi connectivity index (χ4n) is 3.98. The highest BCUT2D eigenvalue weighted by molar-refractivity contribution is 4.98. The number of likely N-dealkylation sites (tertiary alicyclic amines) is 1. The summed E-state index contributed by atoms with van der Waals surface area (Å²) < 4.78 is 0. The van der Waals surface area contributed by atoms with Crippen molar-refractivity contribution in [1.82, 2.24) is 10.2 Å². The summed E-state index contributed by atoms with van der Waals surface area (Å²) in [4.78, 5) is 2.71. The zero-order valence-corrected chi connectivity index (χ0v) is 12.4. The summed E-state index contributed by atoms with van der Waals surface area (Å²) in [5.74, 6) is 1.84. The Kier molecular flexibility index (Phi) is 3.44. The average molecular weight is 250 g/mol. The molecule has 0 amide bonds. The van der Waals surface area contributed by atoms with E-state index in [1.807, 2.05) is 0 Å². The van der Waals surface area contributed by atoms with Gasteiger partial charge in [0.15, 0.2) is 0 Å². The van der Waals surface area contributed by atoms with Crippen LogP contribution >= 0.6 is 0 Å². The summed E-state index contributed by atoms with van der Waals surface area (Å²) in [6, 6.07) is 1.56. The lowest BCUT2D eigenvalue weighted by Gasteiger charge is -2.49. The average Bonchev–Trinajstić information content (AvgIpc) is 3.04. The lowest BCUT2D eigenvalue weighted by Crippen LogP contribution is -2.58. The molecule has 104 valence electrons. The first-order valence-electron chi connectivity index (χ1n) is 8.05. The van der Waals surface area contributed by atoms with E-state index in [1.165, 1.54) is 51.7 Å². The van der Waals surface area contributed by atoms with Crippen molar-refractivity contribution in [1.29, 1.82) is 0 Å². The van der Waals surface area contributed by atoms with Crippen molar-refractivity contribution in [3.05, 3.63) is 0 Å². The van der Waals surface area contributed by atoms with E-state index in [9.17, 15) is 0 Å². The van der Waals surface area contributed by atoms with Gasteiger partial charge in [-0.1, -0.05) is 13.3 Å². The van der Waals surface area contributed by atoms with Gasteiger partial charge in [-0.05, 0) is 56.8 Å². The fraction of sp³-hybridized carbons (Fsp3) is 1.00. The third-order valence-corrected chi connectivity index (χ3v) is 5.70. The first-order valence-corrected chi connectivity index (χ1v) is 8.05. The maximum Gasteiger partial charge on any atom is 0.0148 e. The van der Waals surface area contributed by atoms with Crippen LogP contribution in [-0.2, 0) is 0 Å². The lowest BCUT2D eigenvalue weighted by atomic mass is 9.73. The Balaban J connectivity index is 1.60. The van der Waals surface area contributed by atoms with E-state index in [-0.39, 0.29) is 0 Å². The van der Waals surface area contributed by atoms with E-state index in [0.717, 1.165) is 23.9 Å². The molecule has 1 saturated heterocycles. The van der Waals surface area contributed by atoms with Gasteiger partial charge >= 0.3 is 0 Å². The topological polar surface area (TPSA) is 15.3 Å². The van der Waals surface area contributed by atoms with Crippen molar-refractivity contribution in [3.8, 4) is 0 Å². The van der Waals surface area contributed by atoms with Crippen molar-refractivity contribution in [2.75, 3.05) is 19.6 Å². The predicted molar refractivity (Wildman–Crippen MR) is 76.7 cm³/mol. The first kappa shape index (κ1) is 12.9. The number of hydrogen-bond acceptors (Lipinski definition) is 2. The summed E-state index contributed by atoms with van der Waals surface area (Å²) in [5, 5.41) is 3.96. The number of nitrogens with zero attached hydrogens (tertiary/aromatic N) is 1. The Bertz CT molecular complexity index is 281. The van der Waals surface area contributed by atoms with Crippen LogP contribution in [0.25, 0.3) is 0 Å². The standard InChI is InChI=1S/C16H30N2/c1-12(2)18-9-13-5-4-6-14(10-18)15(13)17-11-16(3)7-8-16/h12-15,17H,4-11H2,1-3H3. The number of fused-ring (bicyclic) bond motifs is 2. The molecule has 1 N–H and O–H groups in total. The third-order valence-electron chi connectivity index (χ3n) is 5.70. The molecule has 3 rings (SSSR count). The molecule has 0 aromatic carbocycles. The fourth-order valence-corrected chi connectivity index (χ4v) is 3.98. The van der Waals surface area contributed by atoms with Gasteiger partial charge < -0.3 is 10.2 Å². The molecule has 1 aliphatic heterocycles. The van der Waals surface area contributed by atoms with Crippen molar-refractivity contribution in [2.45, 2.75) is 65.0 Å². The Morgan fingerprint density at radius 3 is 2.28 bits per heavy atom. The molecule has 2 aliphatic carbocycles. The molecule has 0 aromatic heterocycles. The van der Waals surface area contributed by atoms with Gasteiger partial charge in [-0.25, -0.2) is 0 Å². The highest BCUT2D eigenvalue weighted by atomic mass is 15.2. The lowest BCUT2D eigenvalue weighted by molar-refractivity contribution is 0.0280. The minimum absolute atomic E-state index is 0.656. The number of piperidine rings is 1. The van der Waals surface area contributed by atoms with E-state index in [4.69, 9.17) is 0 Å². The summed E-state index contributed by atoms with van der Waals surface area (Å²) in [7, 11) is 0. The van der Waals surface area contributed by atoms with Gasteiger partial charge in [0.2, 0.25) is 0 Å². The molecule has 3 fully saturated rings. The Labute approximate surface area is 113 Å². The van der Waals surface area contributed by atoms with Crippen LogP contribution in [0.1, 0.15) is 52.9 Å². The van der Waals surface area contributed by atoms with Crippen molar-refractivity contribution in [2.24, 2.45) is 17.3 Å². The van der Waals surface area contributed by atoms with E-state index >= 15 is 0 Å². The SMILES string of the molecule is CC(C)N1CC2CCCC(C1)C2NCC1(C)CC1. The predicted octanol–water partition coefficient (Wildman–Crippen LogP) is 2.89. The molecule has 2 nitrogen and oxygen atoms in total. The summed E-state index contributed by atoms with van der Waals surface area (Å²) in [6.07, 6.45) is 7.26. The van der Waals surface area contributed by atoms with E-state index in [2.05, 4.69) is 31.0 Å². The molecule has 2 bridgehead atoms. The number of rotatable bonds is 4. The molecule has 2 saturated carbocycles. The summed E-state index contributed by atoms with van der Waals surface area (Å²) in [5.41, 5.74) is 0.656. The largest absolute Gasteiger partial charge is 0.313 e. The Hall–Kier alpha value is -0.0800. The minimum atomic E-state index is 0.656. The number of nitrogens with one attached hydrogen (secondary N) is 1. The third kappa shape index (κ3) is 2.60. The molecule has 18 heavy (non-hydrogen) atoms. The normalized spacial score (nSPS) is 39.0. The van der Waals surface area contributed by atoms with Gasteiger partial charge in [-0.2, -0.15) is 0 Å². The molecule has 0 radical (unpaired) electrons. The van der Waals surface area contributed by atoms with Crippen molar-refractivity contribution >= 4 is 0 Å². The Morgan fingerprint density at radius 1 is 1.17 bits per heavy atom. The molecular formula is C16H30N2. The van der Waals surface area contributed by atoms with E-state index < -0.39 is 0 Å². The van der Waals surface area contributed by atoms with Crippen LogP contribution in [0, 0.1) is 17.3 Å². The van der Waals surface area contributed by atoms with Crippen LogP contribution in [-0.4, -0.2) is 36.6 Å². The van der Waals surface area contributed by atoms with Crippen LogP contribution in [0.5, 0.6) is 0 Å². The summed E-state index contributed by atoms with van der Waals surface area (Å²) >= 11 is 0. The zero-order valence-electron chi connectivity index (χ0n) is 12.4. The summed E-state index contributed by atoms with van der Waals surface area (Å²) in [6.45, 7) is 11.1. The second kappa shape index (κ2) is 4.79. The Morgan fingerprint density at radius 2 is 1.78 bits per heavy atom. The molecule has 2 unspecified atom stereocenters. The smallest absolute Gasteiger partial charge is 0.0148 e. The van der Waals surface area contributed by atoms with Crippen molar-refractivity contribution in [3.63, 3.8) is 0 Å². The molecule has 0 spiro atoms. The van der Waals surface area contributed by atoms with Gasteiger partial charge in [0.25, 0.3) is 0 Å². The van der Waals surface area contributed by atoms with Gasteiger partial charge in [-0.3, -0.25) is 0 Å². The van der Waals surface area contributed by atoms with Crippen LogP contribution in [0.4, 0.5) is 0 Å². The highest BCUT2D eigenvalue weighted by Gasteiger charge is 2.42. The first-order chi connectivity index (χ1) is 8.57. The van der Waals surface area contributed by atoms with Crippen LogP contribution in [0.3, 0.4) is 0 Å². The zero-order chi connectivity index (χ0) is 12.8. The number of hydrogen-bond donors (Lipinski definition) is 1. The van der Waals surface area contributed by atoms with Crippen molar-refractivity contribution < 1.29 is 0 Å².